The van der Waals surface area contributed by atoms with Crippen LogP contribution in [0.25, 0.3) is 0 Å². The minimum absolute atomic E-state index is 0.223. The third-order valence-electron chi connectivity index (χ3n) is 3.40. The van der Waals surface area contributed by atoms with Crippen LogP contribution < -0.4 is 16.0 Å². The lowest BCUT2D eigenvalue weighted by Gasteiger charge is -2.43. The predicted molar refractivity (Wildman–Crippen MR) is 64.7 cm³/mol. The van der Waals surface area contributed by atoms with E-state index in [4.69, 9.17) is 12.2 Å². The van der Waals surface area contributed by atoms with Gasteiger partial charge in [-0.2, -0.15) is 0 Å². The Morgan fingerprint density at radius 3 is 2.81 bits per heavy atom. The van der Waals surface area contributed by atoms with E-state index in [9.17, 15) is 10.2 Å². The quantitative estimate of drug-likeness (QED) is 0.427. The van der Waals surface area contributed by atoms with Gasteiger partial charge in [-0.1, -0.05) is 6.92 Å². The molecule has 2 rings (SSSR count). The second-order valence-corrected chi connectivity index (χ2v) is 5.10. The van der Waals surface area contributed by atoms with Crippen molar-refractivity contribution in [1.82, 2.24) is 16.0 Å². The molecule has 3 atom stereocenters. The van der Waals surface area contributed by atoms with Crippen LogP contribution in [-0.4, -0.2) is 39.4 Å². The second-order valence-electron chi connectivity index (χ2n) is 4.69. The van der Waals surface area contributed by atoms with Crippen LogP contribution in [0.1, 0.15) is 32.6 Å². The predicted octanol–water partition coefficient (Wildman–Crippen LogP) is -0.607. The zero-order valence-electron chi connectivity index (χ0n) is 9.42. The normalized spacial score (nSPS) is 42.4. The lowest BCUT2D eigenvalue weighted by molar-refractivity contribution is -0.180. The van der Waals surface area contributed by atoms with Crippen molar-refractivity contribution in [2.45, 2.75) is 50.1 Å². The molecule has 0 aromatic rings. The minimum Gasteiger partial charge on any atom is -0.367 e. The average molecular weight is 245 g/mol. The lowest BCUT2D eigenvalue weighted by Crippen LogP contribution is -2.65. The molecule has 2 fully saturated rings. The Bertz CT molecular complexity index is 302. The Hall–Kier alpha value is -0.430. The number of rotatable bonds is 3. The first-order valence-electron chi connectivity index (χ1n) is 5.77. The Morgan fingerprint density at radius 2 is 2.12 bits per heavy atom. The molecule has 1 aliphatic carbocycles. The van der Waals surface area contributed by atoms with Crippen molar-refractivity contribution in [2.75, 3.05) is 6.54 Å². The van der Waals surface area contributed by atoms with Crippen LogP contribution in [0.2, 0.25) is 0 Å². The fourth-order valence-corrected chi connectivity index (χ4v) is 2.80. The molecule has 16 heavy (non-hydrogen) atoms. The first-order valence-corrected chi connectivity index (χ1v) is 6.18. The highest BCUT2D eigenvalue weighted by molar-refractivity contribution is 7.80. The molecular formula is C10H19N3O2S. The molecule has 0 bridgehead atoms. The molecule has 1 heterocycles. The van der Waals surface area contributed by atoms with E-state index in [0.717, 1.165) is 19.4 Å². The highest BCUT2D eigenvalue weighted by Crippen LogP contribution is 2.36. The molecule has 5 nitrogen and oxygen atoms in total. The van der Waals surface area contributed by atoms with E-state index in [1.54, 1.807) is 0 Å². The van der Waals surface area contributed by atoms with E-state index >= 15 is 0 Å². The molecule has 0 unspecified atom stereocenters. The van der Waals surface area contributed by atoms with Gasteiger partial charge in [0.25, 0.3) is 0 Å². The van der Waals surface area contributed by atoms with Crippen LogP contribution in [0.5, 0.6) is 0 Å². The summed E-state index contributed by atoms with van der Waals surface area (Å²) in [5, 5.41) is 29.8. The summed E-state index contributed by atoms with van der Waals surface area (Å²) in [6.07, 6.45) is 2.83. The number of hydrogen-bond donors (Lipinski definition) is 5. The Kier molecular flexibility index (Phi) is 3.09. The highest BCUT2D eigenvalue weighted by Gasteiger charge is 2.58. The van der Waals surface area contributed by atoms with E-state index in [1.165, 1.54) is 0 Å². The molecule has 0 spiro atoms. The monoisotopic (exact) mass is 245 g/mol. The summed E-state index contributed by atoms with van der Waals surface area (Å²) >= 11 is 4.94. The molecule has 1 aliphatic heterocycles. The van der Waals surface area contributed by atoms with Crippen LogP contribution in [0.3, 0.4) is 0 Å². The van der Waals surface area contributed by atoms with Crippen LogP contribution in [0, 0.1) is 0 Å². The van der Waals surface area contributed by atoms with Crippen LogP contribution in [0.4, 0.5) is 0 Å². The van der Waals surface area contributed by atoms with Gasteiger partial charge >= 0.3 is 0 Å². The number of hydrogen-bond acceptors (Lipinski definition) is 4. The van der Waals surface area contributed by atoms with Crippen molar-refractivity contribution >= 4 is 17.3 Å². The summed E-state index contributed by atoms with van der Waals surface area (Å²) in [5.41, 5.74) is -2.65. The highest BCUT2D eigenvalue weighted by atomic mass is 32.1. The van der Waals surface area contributed by atoms with Crippen molar-refractivity contribution in [2.24, 2.45) is 0 Å². The van der Waals surface area contributed by atoms with Crippen molar-refractivity contribution in [3.05, 3.63) is 0 Å². The van der Waals surface area contributed by atoms with E-state index in [1.807, 2.05) is 0 Å². The average Bonchev–Trinajstić information content (AvgIpc) is 2.43. The minimum atomic E-state index is -1.34. The molecule has 0 aromatic heterocycles. The Labute approximate surface area is 101 Å². The molecular weight excluding hydrogens is 226 g/mol. The first kappa shape index (κ1) is 12.0. The van der Waals surface area contributed by atoms with E-state index in [0.29, 0.717) is 18.0 Å². The van der Waals surface area contributed by atoms with Gasteiger partial charge in [0.15, 0.2) is 16.6 Å². The fraction of sp³-hybridized carbons (Fsp3) is 0.900. The third-order valence-corrected chi connectivity index (χ3v) is 3.61. The van der Waals surface area contributed by atoms with Gasteiger partial charge < -0.3 is 26.2 Å². The first-order chi connectivity index (χ1) is 7.49. The molecule has 1 saturated carbocycles. The summed E-state index contributed by atoms with van der Waals surface area (Å²) in [6, 6.07) is 0.223. The lowest BCUT2D eigenvalue weighted by atomic mass is 9.81. The maximum absolute atomic E-state index is 10.4. The Balaban J connectivity index is 2.04. The molecule has 0 radical (unpaired) electrons. The largest absolute Gasteiger partial charge is 0.367 e. The van der Waals surface area contributed by atoms with Crippen molar-refractivity contribution in [3.8, 4) is 0 Å². The van der Waals surface area contributed by atoms with Gasteiger partial charge in [0.05, 0.1) is 0 Å². The van der Waals surface area contributed by atoms with Gasteiger partial charge in [-0.25, -0.2) is 0 Å². The molecule has 1 saturated heterocycles. The van der Waals surface area contributed by atoms with E-state index in [-0.39, 0.29) is 6.04 Å². The molecule has 5 N–H and O–H groups in total. The smallest absolute Gasteiger partial charge is 0.187 e. The van der Waals surface area contributed by atoms with Gasteiger partial charge in [-0.05, 0) is 31.6 Å². The fourth-order valence-electron chi connectivity index (χ4n) is 2.47. The van der Waals surface area contributed by atoms with Crippen LogP contribution in [0.15, 0.2) is 0 Å². The second kappa shape index (κ2) is 4.10. The zero-order chi connectivity index (χ0) is 11.8. The van der Waals surface area contributed by atoms with Crippen molar-refractivity contribution in [3.63, 3.8) is 0 Å². The molecule has 2 aliphatic rings. The van der Waals surface area contributed by atoms with Crippen LogP contribution in [-0.2, 0) is 0 Å². The number of thiocarbonyl (C=S) groups is 1. The summed E-state index contributed by atoms with van der Waals surface area (Å²) in [4.78, 5) is 0. The maximum atomic E-state index is 10.4. The molecule has 92 valence electrons. The topological polar surface area (TPSA) is 76.5 Å². The number of aliphatic hydroxyl groups is 2. The van der Waals surface area contributed by atoms with Gasteiger partial charge in [0.2, 0.25) is 0 Å². The summed E-state index contributed by atoms with van der Waals surface area (Å²) in [5.74, 6) is 0. The van der Waals surface area contributed by atoms with Gasteiger partial charge in [0.1, 0.15) is 0 Å². The van der Waals surface area contributed by atoms with E-state index in [2.05, 4.69) is 22.9 Å². The summed E-state index contributed by atoms with van der Waals surface area (Å²) in [7, 11) is 0. The Morgan fingerprint density at radius 1 is 1.44 bits per heavy atom. The van der Waals surface area contributed by atoms with E-state index < -0.39 is 11.4 Å². The molecule has 6 heteroatoms. The third kappa shape index (κ3) is 1.90. The molecule has 0 aromatic carbocycles. The standard InChI is InChI=1S/C10H19N3O2S/c1-2-5-11-7-3-4-9(14)10(15,6-7)13-8(16)12-9/h7,11,14-15H,2-6H2,1H3,(H2,12,13,16)/t7-,9+,10-/m0/s1. The zero-order valence-corrected chi connectivity index (χ0v) is 10.2. The van der Waals surface area contributed by atoms with Gasteiger partial charge in [-0.3, -0.25) is 0 Å². The SMILES string of the molecule is CCCN[C@H]1CC[C@]2(O)NC(=S)N[C@]2(O)C1. The van der Waals surface area contributed by atoms with Gasteiger partial charge in [-0.15, -0.1) is 0 Å². The number of nitrogens with one attached hydrogen (secondary N) is 3. The summed E-state index contributed by atoms with van der Waals surface area (Å²) < 4.78 is 0. The van der Waals surface area contributed by atoms with Gasteiger partial charge in [0, 0.05) is 18.9 Å². The van der Waals surface area contributed by atoms with Crippen molar-refractivity contribution in [1.29, 1.82) is 0 Å². The maximum Gasteiger partial charge on any atom is 0.187 e. The van der Waals surface area contributed by atoms with Crippen molar-refractivity contribution < 1.29 is 10.2 Å². The van der Waals surface area contributed by atoms with Crippen LogP contribution >= 0.6 is 12.2 Å². The summed E-state index contributed by atoms with van der Waals surface area (Å²) in [6.45, 7) is 3.03. The molecule has 0 amide bonds. The number of fused-ring (bicyclic) bond motifs is 1.